The van der Waals surface area contributed by atoms with Crippen molar-refractivity contribution in [1.29, 1.82) is 5.26 Å². The summed E-state index contributed by atoms with van der Waals surface area (Å²) in [7, 11) is 1.38. The van der Waals surface area contributed by atoms with Gasteiger partial charge in [-0.15, -0.1) is 5.10 Å². The molecule has 0 saturated carbocycles. The molecule has 2 aromatic heterocycles. The number of aliphatic hydroxyl groups excluding tert-OH is 2. The Bertz CT molecular complexity index is 1250. The van der Waals surface area contributed by atoms with E-state index in [1.807, 2.05) is 6.07 Å². The summed E-state index contributed by atoms with van der Waals surface area (Å²) in [6.07, 6.45) is -0.471. The lowest BCUT2D eigenvalue weighted by atomic mass is 9.97. The normalized spacial score (nSPS) is 24.3. The van der Waals surface area contributed by atoms with Gasteiger partial charge in [-0.25, -0.2) is 22.8 Å². The fourth-order valence-corrected chi connectivity index (χ4v) is 5.11. The first-order valence-corrected chi connectivity index (χ1v) is 11.3. The molecule has 0 amide bonds. The van der Waals surface area contributed by atoms with Crippen molar-refractivity contribution in [3.05, 3.63) is 58.8 Å². The number of rotatable bonds is 6. The number of benzene rings is 1. The van der Waals surface area contributed by atoms with Gasteiger partial charge in [0.25, 0.3) is 0 Å². The highest BCUT2D eigenvalue weighted by Crippen LogP contribution is 2.40. The number of halogens is 4. The first-order valence-electron chi connectivity index (χ1n) is 10.0. The Kier molecular flexibility index (Phi) is 7.60. The molecule has 4 rings (SSSR count). The number of aliphatic hydroxyl groups is 2. The largest absolute Gasteiger partial charge is 0.394 e. The quantitative estimate of drug-likeness (QED) is 0.465. The molecule has 3 aromatic rings. The summed E-state index contributed by atoms with van der Waals surface area (Å²) >= 11 is 7.20. The number of ether oxygens (including phenoxy) is 2. The number of nitriles is 1. The molecule has 1 aliphatic heterocycles. The number of hydrogen-bond acceptors (Lipinski definition) is 9. The summed E-state index contributed by atoms with van der Waals surface area (Å²) in [5.41, 5.74) is -0.797. The lowest BCUT2D eigenvalue weighted by Gasteiger charge is -2.43. The van der Waals surface area contributed by atoms with Crippen LogP contribution in [0.4, 0.5) is 13.2 Å². The third kappa shape index (κ3) is 4.99. The molecule has 2 unspecified atom stereocenters. The van der Waals surface area contributed by atoms with Crippen LogP contribution in [0, 0.1) is 28.8 Å². The summed E-state index contributed by atoms with van der Waals surface area (Å²) in [5.74, 6) is -4.38. The van der Waals surface area contributed by atoms with Crippen molar-refractivity contribution in [2.45, 2.75) is 34.7 Å². The fraction of sp³-hybridized carbons (Fsp3) is 0.333. The van der Waals surface area contributed by atoms with E-state index in [1.165, 1.54) is 30.3 Å². The Hall–Kier alpha value is -2.73. The molecule has 0 aliphatic carbocycles. The Morgan fingerprint density at radius 1 is 1.29 bits per heavy atom. The molecule has 0 radical (unpaired) electrons. The molecule has 2 N–H and O–H groups in total. The van der Waals surface area contributed by atoms with Crippen molar-refractivity contribution in [3.63, 3.8) is 0 Å². The van der Waals surface area contributed by atoms with E-state index in [4.69, 9.17) is 26.3 Å². The lowest BCUT2D eigenvalue weighted by Crippen LogP contribution is -2.55. The first kappa shape index (κ1) is 25.4. The summed E-state index contributed by atoms with van der Waals surface area (Å²) in [4.78, 5) is 4.51. The molecule has 35 heavy (non-hydrogen) atoms. The summed E-state index contributed by atoms with van der Waals surface area (Å²) in [6, 6.07) is 3.99. The molecule has 0 spiro atoms. The summed E-state index contributed by atoms with van der Waals surface area (Å²) in [6.45, 7) is -0.534. The van der Waals surface area contributed by atoms with Crippen LogP contribution >= 0.6 is 23.4 Å². The number of pyridine rings is 1. The van der Waals surface area contributed by atoms with E-state index in [2.05, 4.69) is 15.3 Å². The van der Waals surface area contributed by atoms with Crippen LogP contribution in [-0.4, -0.2) is 67.7 Å². The van der Waals surface area contributed by atoms with Gasteiger partial charge in [-0.05, 0) is 18.2 Å². The second kappa shape index (κ2) is 10.5. The number of methoxy groups -OCH3 is 1. The molecular formula is C21H17ClF3N5O4S. The van der Waals surface area contributed by atoms with Crippen molar-refractivity contribution >= 4 is 23.4 Å². The minimum absolute atomic E-state index is 0.0178. The van der Waals surface area contributed by atoms with Gasteiger partial charge in [-0.3, -0.25) is 0 Å². The highest BCUT2D eigenvalue weighted by Gasteiger charge is 2.47. The van der Waals surface area contributed by atoms with Crippen molar-refractivity contribution in [2.24, 2.45) is 0 Å². The summed E-state index contributed by atoms with van der Waals surface area (Å²) < 4.78 is 53.4. The van der Waals surface area contributed by atoms with Crippen molar-refractivity contribution in [1.82, 2.24) is 20.0 Å². The van der Waals surface area contributed by atoms with Crippen LogP contribution in [-0.2, 0) is 9.47 Å². The first-order chi connectivity index (χ1) is 16.8. The van der Waals surface area contributed by atoms with Crippen LogP contribution in [0.15, 0.2) is 35.5 Å². The maximum Gasteiger partial charge on any atom is 0.194 e. The molecule has 14 heteroatoms. The van der Waals surface area contributed by atoms with Crippen LogP contribution < -0.4 is 0 Å². The van der Waals surface area contributed by atoms with Gasteiger partial charge in [0, 0.05) is 23.8 Å². The highest BCUT2D eigenvalue weighted by atomic mass is 35.5. The highest BCUT2D eigenvalue weighted by molar-refractivity contribution is 7.99. The van der Waals surface area contributed by atoms with Crippen molar-refractivity contribution < 1.29 is 32.9 Å². The maximum atomic E-state index is 13.7. The van der Waals surface area contributed by atoms with Gasteiger partial charge >= 0.3 is 0 Å². The molecule has 184 valence electrons. The fourth-order valence-electron chi connectivity index (χ4n) is 3.67. The molecular weight excluding hydrogens is 511 g/mol. The Morgan fingerprint density at radius 2 is 2.00 bits per heavy atom. The minimum Gasteiger partial charge on any atom is -0.394 e. The zero-order valence-electron chi connectivity index (χ0n) is 17.8. The topological polar surface area (TPSA) is 126 Å². The predicted octanol–water partition coefficient (Wildman–Crippen LogP) is 2.71. The van der Waals surface area contributed by atoms with Crippen molar-refractivity contribution in [2.75, 3.05) is 13.7 Å². The predicted molar refractivity (Wildman–Crippen MR) is 117 cm³/mol. The molecule has 0 bridgehead atoms. The van der Waals surface area contributed by atoms with E-state index in [0.29, 0.717) is 4.90 Å². The third-order valence-electron chi connectivity index (χ3n) is 5.37. The third-order valence-corrected chi connectivity index (χ3v) is 6.76. The second-order valence-electron chi connectivity index (χ2n) is 7.48. The minimum atomic E-state index is -1.61. The van der Waals surface area contributed by atoms with Crippen LogP contribution in [0.25, 0.3) is 11.3 Å². The molecule has 3 heterocycles. The lowest BCUT2D eigenvalue weighted by molar-refractivity contribution is -0.186. The van der Waals surface area contributed by atoms with Crippen molar-refractivity contribution in [3.8, 4) is 17.3 Å². The van der Waals surface area contributed by atoms with E-state index in [-0.39, 0.29) is 22.0 Å². The van der Waals surface area contributed by atoms with E-state index in [0.717, 1.165) is 23.9 Å². The monoisotopic (exact) mass is 527 g/mol. The smallest absolute Gasteiger partial charge is 0.194 e. The van der Waals surface area contributed by atoms with E-state index in [9.17, 15) is 23.4 Å². The molecule has 5 atom stereocenters. The van der Waals surface area contributed by atoms with Crippen LogP contribution in [0.3, 0.4) is 0 Å². The second-order valence-corrected chi connectivity index (χ2v) is 9.05. The van der Waals surface area contributed by atoms with Gasteiger partial charge < -0.3 is 19.7 Å². The Morgan fingerprint density at radius 3 is 2.60 bits per heavy atom. The number of thioether (sulfide) groups is 1. The molecule has 1 saturated heterocycles. The SMILES string of the molecule is COC1[C@@H](Sc2cnc(C#N)c(Cl)c2)OC(CO)[C@H](O)[C@@H]1n1cc(-c2cc(F)c(F)c(F)c2)nn1. The van der Waals surface area contributed by atoms with Crippen LogP contribution in [0.2, 0.25) is 5.02 Å². The van der Waals surface area contributed by atoms with Crippen LogP contribution in [0.5, 0.6) is 0 Å². The van der Waals surface area contributed by atoms with Gasteiger partial charge in [-0.1, -0.05) is 28.6 Å². The molecule has 1 aliphatic rings. The van der Waals surface area contributed by atoms with E-state index in [1.54, 1.807) is 0 Å². The van der Waals surface area contributed by atoms with Gasteiger partial charge in [0.15, 0.2) is 23.1 Å². The maximum absolute atomic E-state index is 13.7. The number of aromatic nitrogens is 4. The van der Waals surface area contributed by atoms with Gasteiger partial charge in [0.05, 0.1) is 17.8 Å². The molecule has 9 nitrogen and oxygen atoms in total. The standard InChI is InChI=1S/C21H17ClF3N5O4S/c1-33-20-18(30-7-15(28-29-30)9-2-12(23)17(25)13(24)3-9)19(32)16(8-31)34-21(20)35-10-4-11(22)14(5-26)27-6-10/h2-4,6-7,16,18-21,31-32H,8H2,1H3/t16?,18-,19-,20?,21+/m0/s1. The average molecular weight is 528 g/mol. The van der Waals surface area contributed by atoms with E-state index < -0.39 is 53.8 Å². The molecule has 1 aromatic carbocycles. The van der Waals surface area contributed by atoms with Crippen LogP contribution in [0.1, 0.15) is 11.7 Å². The molecule has 1 fully saturated rings. The van der Waals surface area contributed by atoms with Gasteiger partial charge in [0.1, 0.15) is 41.6 Å². The Balaban J connectivity index is 1.67. The van der Waals surface area contributed by atoms with Gasteiger partial charge in [0.2, 0.25) is 0 Å². The summed E-state index contributed by atoms with van der Waals surface area (Å²) in [5, 5.41) is 37.7. The number of hydrogen-bond donors (Lipinski definition) is 2. The van der Waals surface area contributed by atoms with Gasteiger partial charge in [-0.2, -0.15) is 5.26 Å². The zero-order chi connectivity index (χ0) is 25.3. The zero-order valence-corrected chi connectivity index (χ0v) is 19.4. The number of nitrogens with zero attached hydrogens (tertiary/aromatic N) is 5. The Labute approximate surface area is 206 Å². The van der Waals surface area contributed by atoms with E-state index >= 15 is 0 Å². The average Bonchev–Trinajstić information content (AvgIpc) is 3.32.